The van der Waals surface area contributed by atoms with Gasteiger partial charge in [0.05, 0.1) is 7.11 Å². The van der Waals surface area contributed by atoms with Gasteiger partial charge in [-0.15, -0.1) is 0 Å². The smallest absolute Gasteiger partial charge is 0.119 e. The van der Waals surface area contributed by atoms with Crippen LogP contribution >= 0.6 is 12.6 Å². The predicted molar refractivity (Wildman–Crippen MR) is 57.3 cm³/mol. The van der Waals surface area contributed by atoms with E-state index in [0.29, 0.717) is 0 Å². The lowest BCUT2D eigenvalue weighted by Gasteiger charge is -2.00. The van der Waals surface area contributed by atoms with E-state index >= 15 is 0 Å². The number of aryl methyl sites for hydroxylation is 1. The Morgan fingerprint density at radius 1 is 1.33 bits per heavy atom. The quantitative estimate of drug-likeness (QED) is 0.695. The Bertz CT molecular complexity index is 191. The molecule has 0 radical (unpaired) electrons. The first-order valence-electron chi connectivity index (χ1n) is 3.94. The number of hydrogen-bond acceptors (Lipinski definition) is 2. The summed E-state index contributed by atoms with van der Waals surface area (Å²) in [5.41, 5.74) is 1.32. The van der Waals surface area contributed by atoms with Crippen LogP contribution in [0.4, 0.5) is 0 Å². The van der Waals surface area contributed by atoms with Gasteiger partial charge in [-0.2, -0.15) is 12.6 Å². The standard InChI is InChI=1S/C9H12O.CH4S/c1-3-8-5-4-6-9(7-8)10-2;1-2/h4-7H,3H2,1-2H3;2H,1H3. The summed E-state index contributed by atoms with van der Waals surface area (Å²) in [6, 6.07) is 8.12. The number of thiol groups is 1. The molecule has 0 aliphatic carbocycles. The molecule has 0 aromatic heterocycles. The highest BCUT2D eigenvalue weighted by Crippen LogP contribution is 2.12. The maximum Gasteiger partial charge on any atom is 0.119 e. The van der Waals surface area contributed by atoms with Crippen LogP contribution in [0.1, 0.15) is 12.5 Å². The highest BCUT2D eigenvalue weighted by molar-refractivity contribution is 7.79. The molecular formula is C10H16OS. The largest absolute Gasteiger partial charge is 0.497 e. The highest BCUT2D eigenvalue weighted by Gasteiger charge is 1.90. The topological polar surface area (TPSA) is 9.23 Å². The molecule has 0 fully saturated rings. The van der Waals surface area contributed by atoms with Crippen molar-refractivity contribution >= 4 is 12.6 Å². The summed E-state index contributed by atoms with van der Waals surface area (Å²) in [5.74, 6) is 0.944. The summed E-state index contributed by atoms with van der Waals surface area (Å²) >= 11 is 3.53. The van der Waals surface area contributed by atoms with Crippen LogP contribution in [0, 0.1) is 0 Å². The summed E-state index contributed by atoms with van der Waals surface area (Å²) < 4.78 is 5.06. The number of rotatable bonds is 2. The fourth-order valence-corrected chi connectivity index (χ4v) is 0.892. The lowest BCUT2D eigenvalue weighted by molar-refractivity contribution is 0.414. The van der Waals surface area contributed by atoms with E-state index in [2.05, 4.69) is 31.7 Å². The Kier molecular flexibility index (Phi) is 6.67. The van der Waals surface area contributed by atoms with Gasteiger partial charge in [0.2, 0.25) is 0 Å². The third-order valence-corrected chi connectivity index (χ3v) is 1.54. The van der Waals surface area contributed by atoms with Gasteiger partial charge in [0, 0.05) is 0 Å². The van der Waals surface area contributed by atoms with Crippen molar-refractivity contribution in [2.45, 2.75) is 13.3 Å². The zero-order valence-corrected chi connectivity index (χ0v) is 8.77. The molecule has 1 aromatic carbocycles. The predicted octanol–water partition coefficient (Wildman–Crippen LogP) is 2.80. The molecule has 12 heavy (non-hydrogen) atoms. The molecule has 0 N–H and O–H groups in total. The van der Waals surface area contributed by atoms with Crippen molar-refractivity contribution in [2.75, 3.05) is 13.4 Å². The summed E-state index contributed by atoms with van der Waals surface area (Å²) in [6.45, 7) is 2.13. The van der Waals surface area contributed by atoms with Gasteiger partial charge < -0.3 is 4.74 Å². The monoisotopic (exact) mass is 184 g/mol. The van der Waals surface area contributed by atoms with E-state index < -0.39 is 0 Å². The third kappa shape index (κ3) is 3.67. The van der Waals surface area contributed by atoms with Crippen molar-refractivity contribution in [3.63, 3.8) is 0 Å². The molecule has 0 unspecified atom stereocenters. The molecule has 0 atom stereocenters. The van der Waals surface area contributed by atoms with Crippen LogP contribution < -0.4 is 4.74 Å². The summed E-state index contributed by atoms with van der Waals surface area (Å²) in [7, 11) is 1.69. The first kappa shape index (κ1) is 11.4. The van der Waals surface area contributed by atoms with Gasteiger partial charge in [-0.3, -0.25) is 0 Å². The second kappa shape index (κ2) is 7.04. The molecule has 0 aliphatic rings. The lowest BCUT2D eigenvalue weighted by Crippen LogP contribution is -1.84. The molecule has 0 heterocycles. The summed E-state index contributed by atoms with van der Waals surface area (Å²) in [6.07, 6.45) is 2.76. The molecule has 0 bridgehead atoms. The molecule has 0 saturated heterocycles. The average Bonchev–Trinajstić information content (AvgIpc) is 2.21. The van der Waals surface area contributed by atoms with Crippen molar-refractivity contribution in [1.29, 1.82) is 0 Å². The third-order valence-electron chi connectivity index (χ3n) is 1.54. The molecular weight excluding hydrogens is 168 g/mol. The van der Waals surface area contributed by atoms with Gasteiger partial charge >= 0.3 is 0 Å². The highest BCUT2D eigenvalue weighted by atomic mass is 32.1. The minimum Gasteiger partial charge on any atom is -0.497 e. The van der Waals surface area contributed by atoms with Crippen molar-refractivity contribution in [1.82, 2.24) is 0 Å². The minimum atomic E-state index is 0.944. The molecule has 0 aliphatic heterocycles. The average molecular weight is 184 g/mol. The summed E-state index contributed by atoms with van der Waals surface area (Å²) in [5, 5.41) is 0. The van der Waals surface area contributed by atoms with E-state index in [4.69, 9.17) is 4.74 Å². The zero-order valence-electron chi connectivity index (χ0n) is 7.87. The van der Waals surface area contributed by atoms with Crippen LogP contribution in [-0.2, 0) is 6.42 Å². The molecule has 0 saturated carbocycles. The maximum atomic E-state index is 5.06. The Hall–Kier alpha value is -0.630. The van der Waals surface area contributed by atoms with Crippen molar-refractivity contribution in [3.05, 3.63) is 29.8 Å². The Morgan fingerprint density at radius 2 is 2.00 bits per heavy atom. The lowest BCUT2D eigenvalue weighted by atomic mass is 10.2. The maximum absolute atomic E-state index is 5.06. The number of ether oxygens (including phenoxy) is 1. The van der Waals surface area contributed by atoms with Crippen molar-refractivity contribution in [2.24, 2.45) is 0 Å². The second-order valence-corrected chi connectivity index (χ2v) is 2.21. The van der Waals surface area contributed by atoms with Crippen molar-refractivity contribution in [3.8, 4) is 5.75 Å². The van der Waals surface area contributed by atoms with Gasteiger partial charge in [0.15, 0.2) is 0 Å². The first-order valence-corrected chi connectivity index (χ1v) is 4.84. The molecule has 2 heteroatoms. The normalized spacial score (nSPS) is 8.33. The van der Waals surface area contributed by atoms with Crippen LogP contribution in [-0.4, -0.2) is 13.4 Å². The van der Waals surface area contributed by atoms with Crippen LogP contribution in [0.2, 0.25) is 0 Å². The van der Waals surface area contributed by atoms with Crippen LogP contribution in [0.3, 0.4) is 0 Å². The molecule has 1 aromatic rings. The first-order chi connectivity index (χ1) is 5.86. The molecule has 1 nitrogen and oxygen atoms in total. The van der Waals surface area contributed by atoms with E-state index in [1.807, 2.05) is 12.1 Å². The minimum absolute atomic E-state index is 0.944. The summed E-state index contributed by atoms with van der Waals surface area (Å²) in [4.78, 5) is 0. The van der Waals surface area contributed by atoms with Gasteiger partial charge in [-0.05, 0) is 30.4 Å². The van der Waals surface area contributed by atoms with Crippen LogP contribution in [0.15, 0.2) is 24.3 Å². The zero-order chi connectivity index (χ0) is 9.40. The van der Waals surface area contributed by atoms with Crippen molar-refractivity contribution < 1.29 is 4.74 Å². The number of methoxy groups -OCH3 is 1. The Balaban J connectivity index is 0.000000561. The van der Waals surface area contributed by atoms with E-state index in [1.165, 1.54) is 5.56 Å². The molecule has 0 amide bonds. The van der Waals surface area contributed by atoms with Crippen LogP contribution in [0.5, 0.6) is 5.75 Å². The van der Waals surface area contributed by atoms with E-state index in [0.717, 1.165) is 12.2 Å². The molecule has 1 rings (SSSR count). The van der Waals surface area contributed by atoms with Gasteiger partial charge in [0.25, 0.3) is 0 Å². The Morgan fingerprint density at radius 3 is 2.50 bits per heavy atom. The van der Waals surface area contributed by atoms with Gasteiger partial charge in [-0.1, -0.05) is 19.1 Å². The second-order valence-electron chi connectivity index (χ2n) is 2.21. The van der Waals surface area contributed by atoms with Crippen LogP contribution in [0.25, 0.3) is 0 Å². The van der Waals surface area contributed by atoms with E-state index in [1.54, 1.807) is 13.4 Å². The fraction of sp³-hybridized carbons (Fsp3) is 0.400. The molecule has 68 valence electrons. The van der Waals surface area contributed by atoms with Gasteiger partial charge in [0.1, 0.15) is 5.75 Å². The Labute approximate surface area is 80.2 Å². The van der Waals surface area contributed by atoms with E-state index in [-0.39, 0.29) is 0 Å². The fourth-order valence-electron chi connectivity index (χ4n) is 0.892. The van der Waals surface area contributed by atoms with E-state index in [9.17, 15) is 0 Å². The van der Waals surface area contributed by atoms with Gasteiger partial charge in [-0.25, -0.2) is 0 Å². The SMILES string of the molecule is CCc1cccc(OC)c1.CS. The molecule has 0 spiro atoms. The number of benzene rings is 1. The number of hydrogen-bond donors (Lipinski definition) is 1.